The van der Waals surface area contributed by atoms with Crippen LogP contribution in [-0.4, -0.2) is 40.8 Å². The van der Waals surface area contributed by atoms with Crippen molar-refractivity contribution in [1.29, 1.82) is 0 Å². The Balaban J connectivity index is 2.19. The van der Waals surface area contributed by atoms with Crippen molar-refractivity contribution in [2.24, 2.45) is 5.41 Å². The van der Waals surface area contributed by atoms with Gasteiger partial charge >= 0.3 is 18.2 Å². The predicted octanol–water partition coefficient (Wildman–Crippen LogP) is 4.35. The quantitative estimate of drug-likeness (QED) is 0.837. The van der Waals surface area contributed by atoms with Crippen LogP contribution in [-0.2, 0) is 22.1 Å². The number of carboxylic acid groups (broad SMARTS) is 1. The van der Waals surface area contributed by atoms with Gasteiger partial charge in [0.2, 0.25) is 0 Å². The highest BCUT2D eigenvalue weighted by molar-refractivity contribution is 5.77. The molecule has 0 bridgehead atoms. The number of likely N-dealkylation sites (tertiary alicyclic amines) is 1. The van der Waals surface area contributed by atoms with Crippen LogP contribution in [0, 0.1) is 5.41 Å². The Labute approximate surface area is 156 Å². The van der Waals surface area contributed by atoms with E-state index in [0.717, 1.165) is 12.1 Å². The molecule has 1 aromatic carbocycles. The maximum Gasteiger partial charge on any atom is 0.416 e. The maximum absolute atomic E-state index is 12.7. The molecule has 5 nitrogen and oxygen atoms in total. The minimum Gasteiger partial charge on any atom is -0.481 e. The van der Waals surface area contributed by atoms with Crippen LogP contribution < -0.4 is 0 Å². The second-order valence-corrected chi connectivity index (χ2v) is 7.96. The van der Waals surface area contributed by atoms with Gasteiger partial charge in [-0.2, -0.15) is 13.2 Å². The second kappa shape index (κ2) is 7.40. The number of ether oxygens (including phenoxy) is 1. The van der Waals surface area contributed by atoms with Gasteiger partial charge in [-0.1, -0.05) is 12.1 Å². The predicted molar refractivity (Wildman–Crippen MR) is 92.3 cm³/mol. The van der Waals surface area contributed by atoms with Crippen LogP contribution in [0.5, 0.6) is 0 Å². The summed E-state index contributed by atoms with van der Waals surface area (Å²) in [5.41, 5.74) is -2.26. The smallest absolute Gasteiger partial charge is 0.416 e. The topological polar surface area (TPSA) is 66.8 Å². The van der Waals surface area contributed by atoms with Crippen molar-refractivity contribution in [3.05, 3.63) is 35.4 Å². The summed E-state index contributed by atoms with van der Waals surface area (Å²) in [6, 6.07) is 4.47. The molecule has 1 atom stereocenters. The molecule has 0 radical (unpaired) electrons. The number of alkyl halides is 3. The first-order chi connectivity index (χ1) is 12.3. The molecule has 1 unspecified atom stereocenters. The highest BCUT2D eigenvalue weighted by Crippen LogP contribution is 2.36. The molecule has 1 N–H and O–H groups in total. The van der Waals surface area contributed by atoms with Gasteiger partial charge in [-0.3, -0.25) is 4.79 Å². The summed E-state index contributed by atoms with van der Waals surface area (Å²) in [6.45, 7) is 5.51. The van der Waals surface area contributed by atoms with Crippen molar-refractivity contribution < 1.29 is 32.6 Å². The number of aliphatic carboxylic acids is 1. The van der Waals surface area contributed by atoms with Gasteiger partial charge in [0, 0.05) is 13.1 Å². The van der Waals surface area contributed by atoms with Crippen molar-refractivity contribution in [3.8, 4) is 0 Å². The number of rotatable bonds is 3. The van der Waals surface area contributed by atoms with Gasteiger partial charge < -0.3 is 14.7 Å². The third kappa shape index (κ3) is 5.37. The van der Waals surface area contributed by atoms with Crippen LogP contribution in [0.4, 0.5) is 18.0 Å². The number of benzene rings is 1. The molecular formula is C19H24F3NO4. The molecule has 0 aromatic heterocycles. The number of nitrogens with zero attached hydrogens (tertiary/aromatic N) is 1. The summed E-state index contributed by atoms with van der Waals surface area (Å²) >= 11 is 0. The largest absolute Gasteiger partial charge is 0.481 e. The molecule has 2 rings (SSSR count). The van der Waals surface area contributed by atoms with Gasteiger partial charge in [0.1, 0.15) is 5.60 Å². The monoisotopic (exact) mass is 387 g/mol. The molecule has 1 fully saturated rings. The summed E-state index contributed by atoms with van der Waals surface area (Å²) in [6.07, 6.45) is -4.17. The molecule has 0 saturated carbocycles. The van der Waals surface area contributed by atoms with Crippen molar-refractivity contribution >= 4 is 12.1 Å². The number of carboxylic acids is 1. The summed E-state index contributed by atoms with van der Waals surface area (Å²) in [5.74, 6) is -1.07. The first-order valence-electron chi connectivity index (χ1n) is 8.70. The van der Waals surface area contributed by atoms with Gasteiger partial charge in [-0.05, 0) is 57.7 Å². The molecule has 8 heteroatoms. The molecule has 27 heavy (non-hydrogen) atoms. The van der Waals surface area contributed by atoms with Crippen LogP contribution >= 0.6 is 0 Å². The van der Waals surface area contributed by atoms with E-state index in [-0.39, 0.29) is 13.0 Å². The van der Waals surface area contributed by atoms with Gasteiger partial charge in [-0.15, -0.1) is 0 Å². The molecule has 1 amide bonds. The van der Waals surface area contributed by atoms with Crippen molar-refractivity contribution in [2.75, 3.05) is 13.1 Å². The van der Waals surface area contributed by atoms with E-state index in [2.05, 4.69) is 0 Å². The lowest BCUT2D eigenvalue weighted by molar-refractivity contribution is -0.152. The fourth-order valence-corrected chi connectivity index (χ4v) is 3.21. The van der Waals surface area contributed by atoms with E-state index in [4.69, 9.17) is 4.74 Å². The number of amides is 1. The average Bonchev–Trinajstić information content (AvgIpc) is 2.53. The molecule has 1 saturated heterocycles. The van der Waals surface area contributed by atoms with Crippen molar-refractivity contribution in [3.63, 3.8) is 0 Å². The van der Waals surface area contributed by atoms with Crippen LogP contribution in [0.1, 0.15) is 44.7 Å². The minimum atomic E-state index is -4.44. The lowest BCUT2D eigenvalue weighted by Crippen LogP contribution is -2.52. The number of carbonyl (C=O) groups is 2. The van der Waals surface area contributed by atoms with E-state index in [1.165, 1.54) is 17.0 Å². The van der Waals surface area contributed by atoms with Crippen LogP contribution in [0.2, 0.25) is 0 Å². The Morgan fingerprint density at radius 1 is 1.19 bits per heavy atom. The lowest BCUT2D eigenvalue weighted by Gasteiger charge is -2.40. The third-order valence-corrected chi connectivity index (χ3v) is 4.51. The Kier molecular flexibility index (Phi) is 5.77. The molecule has 1 heterocycles. The maximum atomic E-state index is 12.7. The molecule has 1 aliphatic rings. The SMILES string of the molecule is CC(C)(C)OC(=O)N1CCCC(Cc2ccc(C(F)(F)F)cc2)(C(=O)O)C1. The van der Waals surface area contributed by atoms with E-state index >= 15 is 0 Å². The molecule has 150 valence electrons. The lowest BCUT2D eigenvalue weighted by atomic mass is 9.75. The van der Waals surface area contributed by atoms with Gasteiger partial charge in [0.25, 0.3) is 0 Å². The average molecular weight is 387 g/mol. The summed E-state index contributed by atoms with van der Waals surface area (Å²) in [4.78, 5) is 25.7. The van der Waals surface area contributed by atoms with E-state index < -0.39 is 34.8 Å². The van der Waals surface area contributed by atoms with Crippen molar-refractivity contribution in [2.45, 2.75) is 51.8 Å². The molecule has 0 spiro atoms. The molecule has 1 aromatic rings. The molecular weight excluding hydrogens is 363 g/mol. The second-order valence-electron chi connectivity index (χ2n) is 7.96. The normalized spacial score (nSPS) is 21.0. The standard InChI is InChI=1S/C19H24F3NO4/c1-17(2,3)27-16(26)23-10-4-9-18(12-23,15(24)25)11-13-5-7-14(8-6-13)19(20,21)22/h5-8H,4,9-12H2,1-3H3,(H,24,25). The van der Waals surface area contributed by atoms with Gasteiger partial charge in [0.15, 0.2) is 0 Å². The minimum absolute atomic E-state index is 0.0414. The molecule has 1 aliphatic heterocycles. The summed E-state index contributed by atoms with van der Waals surface area (Å²) in [5, 5.41) is 9.81. The first-order valence-corrected chi connectivity index (χ1v) is 8.70. The zero-order valence-electron chi connectivity index (χ0n) is 15.6. The number of halogens is 3. The highest BCUT2D eigenvalue weighted by Gasteiger charge is 2.44. The molecule has 0 aliphatic carbocycles. The fraction of sp³-hybridized carbons (Fsp3) is 0.579. The zero-order valence-corrected chi connectivity index (χ0v) is 15.6. The fourth-order valence-electron chi connectivity index (χ4n) is 3.21. The third-order valence-electron chi connectivity index (χ3n) is 4.51. The highest BCUT2D eigenvalue weighted by atomic mass is 19.4. The summed E-state index contributed by atoms with van der Waals surface area (Å²) in [7, 11) is 0. The van der Waals surface area contributed by atoms with Crippen molar-refractivity contribution in [1.82, 2.24) is 4.90 Å². The number of piperidine rings is 1. The van der Waals surface area contributed by atoms with Crippen LogP contribution in [0.15, 0.2) is 24.3 Å². The van der Waals surface area contributed by atoms with Crippen LogP contribution in [0.25, 0.3) is 0 Å². The first kappa shape index (κ1) is 21.1. The van der Waals surface area contributed by atoms with Gasteiger partial charge in [-0.25, -0.2) is 4.79 Å². The van der Waals surface area contributed by atoms with E-state index in [9.17, 15) is 27.9 Å². The zero-order chi connectivity index (χ0) is 20.5. The van der Waals surface area contributed by atoms with E-state index in [0.29, 0.717) is 24.9 Å². The Morgan fingerprint density at radius 3 is 2.26 bits per heavy atom. The summed E-state index contributed by atoms with van der Waals surface area (Å²) < 4.78 is 43.4. The van der Waals surface area contributed by atoms with Crippen LogP contribution in [0.3, 0.4) is 0 Å². The number of hydrogen-bond acceptors (Lipinski definition) is 3. The van der Waals surface area contributed by atoms with Gasteiger partial charge in [0.05, 0.1) is 11.0 Å². The number of carbonyl (C=O) groups excluding carboxylic acids is 1. The number of hydrogen-bond donors (Lipinski definition) is 1. The van der Waals surface area contributed by atoms with E-state index in [1.807, 2.05) is 0 Å². The Morgan fingerprint density at radius 2 is 1.78 bits per heavy atom. The Hall–Kier alpha value is -2.25. The van der Waals surface area contributed by atoms with E-state index in [1.54, 1.807) is 20.8 Å². The Bertz CT molecular complexity index is 694.